The van der Waals surface area contributed by atoms with E-state index in [1.54, 1.807) is 11.3 Å². The molecule has 2 aromatic heterocycles. The summed E-state index contributed by atoms with van der Waals surface area (Å²) in [6.07, 6.45) is 6.05. The van der Waals surface area contributed by atoms with Crippen LogP contribution in [0.2, 0.25) is 5.02 Å². The zero-order valence-electron chi connectivity index (χ0n) is 10.7. The van der Waals surface area contributed by atoms with Gasteiger partial charge in [-0.3, -0.25) is 4.68 Å². The maximum atomic E-state index is 6.21. The SMILES string of the molecule is CCNC(CCc1cnn(C)c1)c1sccc1Cl. The highest BCUT2D eigenvalue weighted by Crippen LogP contribution is 2.31. The first-order valence-corrected chi connectivity index (χ1v) is 7.40. The van der Waals surface area contributed by atoms with E-state index in [9.17, 15) is 0 Å². The molecule has 2 heterocycles. The van der Waals surface area contributed by atoms with Gasteiger partial charge in [-0.15, -0.1) is 11.3 Å². The quantitative estimate of drug-likeness (QED) is 0.880. The maximum Gasteiger partial charge on any atom is 0.0561 e. The van der Waals surface area contributed by atoms with Crippen molar-refractivity contribution in [2.24, 2.45) is 7.05 Å². The van der Waals surface area contributed by atoms with Crippen LogP contribution in [0.25, 0.3) is 0 Å². The Morgan fingerprint density at radius 3 is 2.94 bits per heavy atom. The molecule has 2 aromatic rings. The number of halogens is 1. The molecule has 3 nitrogen and oxygen atoms in total. The Balaban J connectivity index is 2.01. The summed E-state index contributed by atoms with van der Waals surface area (Å²) in [6.45, 7) is 3.07. The van der Waals surface area contributed by atoms with Crippen LogP contribution < -0.4 is 5.32 Å². The smallest absolute Gasteiger partial charge is 0.0561 e. The first-order valence-electron chi connectivity index (χ1n) is 6.14. The van der Waals surface area contributed by atoms with E-state index in [0.29, 0.717) is 6.04 Å². The molecular formula is C13H18ClN3S. The molecule has 0 amide bonds. The molecule has 0 saturated carbocycles. The lowest BCUT2D eigenvalue weighted by Crippen LogP contribution is -2.20. The lowest BCUT2D eigenvalue weighted by molar-refractivity contribution is 0.523. The van der Waals surface area contributed by atoms with Gasteiger partial charge in [0.1, 0.15) is 0 Å². The molecule has 1 unspecified atom stereocenters. The molecule has 0 fully saturated rings. The average Bonchev–Trinajstić information content (AvgIpc) is 2.94. The molecule has 0 aliphatic carbocycles. The molecule has 18 heavy (non-hydrogen) atoms. The van der Waals surface area contributed by atoms with Crippen LogP contribution in [0.1, 0.15) is 29.8 Å². The maximum absolute atomic E-state index is 6.21. The summed E-state index contributed by atoms with van der Waals surface area (Å²) >= 11 is 7.93. The fraction of sp³-hybridized carbons (Fsp3) is 0.462. The predicted octanol–water partition coefficient (Wildman–Crippen LogP) is 3.42. The van der Waals surface area contributed by atoms with Crippen molar-refractivity contribution < 1.29 is 0 Å². The third-order valence-electron chi connectivity index (χ3n) is 2.89. The Hall–Kier alpha value is -0.840. The standard InChI is InChI=1S/C13H18ClN3S/c1-3-15-12(13-11(14)6-7-18-13)5-4-10-8-16-17(2)9-10/h6-9,12,15H,3-5H2,1-2H3. The monoisotopic (exact) mass is 283 g/mol. The highest BCUT2D eigenvalue weighted by atomic mass is 35.5. The van der Waals surface area contributed by atoms with Crippen molar-refractivity contribution in [3.05, 3.63) is 39.3 Å². The molecule has 0 spiro atoms. The van der Waals surface area contributed by atoms with Crippen LogP contribution in [0.4, 0.5) is 0 Å². The summed E-state index contributed by atoms with van der Waals surface area (Å²) in [7, 11) is 1.95. The van der Waals surface area contributed by atoms with Crippen molar-refractivity contribution >= 4 is 22.9 Å². The zero-order valence-corrected chi connectivity index (χ0v) is 12.3. The van der Waals surface area contributed by atoms with Gasteiger partial charge in [-0.2, -0.15) is 5.10 Å². The largest absolute Gasteiger partial charge is 0.309 e. The van der Waals surface area contributed by atoms with Crippen molar-refractivity contribution in [1.29, 1.82) is 0 Å². The molecule has 0 aliphatic heterocycles. The molecule has 1 N–H and O–H groups in total. The minimum atomic E-state index is 0.336. The molecule has 0 bridgehead atoms. The third-order valence-corrected chi connectivity index (χ3v) is 4.36. The highest BCUT2D eigenvalue weighted by Gasteiger charge is 2.15. The molecule has 0 aromatic carbocycles. The molecule has 0 saturated heterocycles. The van der Waals surface area contributed by atoms with Crippen LogP contribution >= 0.6 is 22.9 Å². The minimum absolute atomic E-state index is 0.336. The number of aromatic nitrogens is 2. The zero-order chi connectivity index (χ0) is 13.0. The number of aryl methyl sites for hydroxylation is 2. The highest BCUT2D eigenvalue weighted by molar-refractivity contribution is 7.10. The van der Waals surface area contributed by atoms with Crippen molar-refractivity contribution in [2.45, 2.75) is 25.8 Å². The van der Waals surface area contributed by atoms with Gasteiger partial charge in [0.05, 0.1) is 11.2 Å². The molecule has 2 rings (SSSR count). The second-order valence-electron chi connectivity index (χ2n) is 4.30. The normalized spacial score (nSPS) is 12.8. The number of nitrogens with one attached hydrogen (secondary N) is 1. The Morgan fingerprint density at radius 2 is 2.39 bits per heavy atom. The van der Waals surface area contributed by atoms with Crippen molar-refractivity contribution in [3.63, 3.8) is 0 Å². The Morgan fingerprint density at radius 1 is 1.56 bits per heavy atom. The summed E-state index contributed by atoms with van der Waals surface area (Å²) in [5.74, 6) is 0. The topological polar surface area (TPSA) is 29.9 Å². The van der Waals surface area contributed by atoms with Crippen LogP contribution in [0, 0.1) is 0 Å². The van der Waals surface area contributed by atoms with Crippen LogP contribution in [0.5, 0.6) is 0 Å². The second-order valence-corrected chi connectivity index (χ2v) is 5.66. The summed E-state index contributed by atoms with van der Waals surface area (Å²) < 4.78 is 1.84. The molecule has 5 heteroatoms. The predicted molar refractivity (Wildman–Crippen MR) is 77.3 cm³/mol. The van der Waals surface area contributed by atoms with Gasteiger partial charge in [-0.25, -0.2) is 0 Å². The molecule has 0 aliphatic rings. The number of hydrogen-bond acceptors (Lipinski definition) is 3. The second kappa shape index (κ2) is 6.36. The Kier molecular flexibility index (Phi) is 4.80. The van der Waals surface area contributed by atoms with Gasteiger partial charge >= 0.3 is 0 Å². The van der Waals surface area contributed by atoms with Gasteiger partial charge in [0.15, 0.2) is 0 Å². The summed E-state index contributed by atoms with van der Waals surface area (Å²) in [5.41, 5.74) is 1.27. The van der Waals surface area contributed by atoms with E-state index in [4.69, 9.17) is 11.6 Å². The van der Waals surface area contributed by atoms with Crippen LogP contribution in [-0.4, -0.2) is 16.3 Å². The molecular weight excluding hydrogens is 266 g/mol. The molecule has 0 radical (unpaired) electrons. The third kappa shape index (κ3) is 3.34. The summed E-state index contributed by atoms with van der Waals surface area (Å²) in [5, 5.41) is 10.6. The summed E-state index contributed by atoms with van der Waals surface area (Å²) in [6, 6.07) is 2.30. The van der Waals surface area contributed by atoms with E-state index in [1.807, 2.05) is 29.4 Å². The van der Waals surface area contributed by atoms with Crippen molar-refractivity contribution in [2.75, 3.05) is 6.54 Å². The number of rotatable bonds is 6. The molecule has 1 atom stereocenters. The lowest BCUT2D eigenvalue weighted by atomic mass is 10.1. The van der Waals surface area contributed by atoms with Gasteiger partial charge in [0.25, 0.3) is 0 Å². The number of hydrogen-bond donors (Lipinski definition) is 1. The lowest BCUT2D eigenvalue weighted by Gasteiger charge is -2.16. The van der Waals surface area contributed by atoms with E-state index >= 15 is 0 Å². The Labute approximate surface area is 117 Å². The van der Waals surface area contributed by atoms with Gasteiger partial charge in [0, 0.05) is 24.2 Å². The van der Waals surface area contributed by atoms with Gasteiger partial charge in [-0.1, -0.05) is 18.5 Å². The minimum Gasteiger partial charge on any atom is -0.309 e. The van der Waals surface area contributed by atoms with Crippen LogP contribution in [-0.2, 0) is 13.5 Å². The average molecular weight is 284 g/mol. The van der Waals surface area contributed by atoms with Gasteiger partial charge < -0.3 is 5.32 Å². The van der Waals surface area contributed by atoms with Crippen molar-refractivity contribution in [1.82, 2.24) is 15.1 Å². The van der Waals surface area contributed by atoms with Gasteiger partial charge in [0.2, 0.25) is 0 Å². The fourth-order valence-electron chi connectivity index (χ4n) is 2.04. The van der Waals surface area contributed by atoms with Crippen molar-refractivity contribution in [3.8, 4) is 0 Å². The van der Waals surface area contributed by atoms with E-state index in [2.05, 4.69) is 23.5 Å². The van der Waals surface area contributed by atoms with E-state index < -0.39 is 0 Å². The first kappa shape index (κ1) is 13.6. The number of nitrogens with zero attached hydrogens (tertiary/aromatic N) is 2. The Bertz CT molecular complexity index is 492. The molecule has 98 valence electrons. The van der Waals surface area contributed by atoms with Gasteiger partial charge in [-0.05, 0) is 36.4 Å². The summed E-state index contributed by atoms with van der Waals surface area (Å²) in [4.78, 5) is 1.24. The number of thiophene rings is 1. The van der Waals surface area contributed by atoms with E-state index in [-0.39, 0.29) is 0 Å². The van der Waals surface area contributed by atoms with Crippen LogP contribution in [0.3, 0.4) is 0 Å². The van der Waals surface area contributed by atoms with Crippen LogP contribution in [0.15, 0.2) is 23.8 Å². The fourth-order valence-corrected chi connectivity index (χ4v) is 3.34. The first-order chi connectivity index (χ1) is 8.70. The van der Waals surface area contributed by atoms with E-state index in [1.165, 1.54) is 10.4 Å². The van der Waals surface area contributed by atoms with E-state index in [0.717, 1.165) is 24.4 Å².